The van der Waals surface area contributed by atoms with E-state index in [9.17, 15) is 9.90 Å². The van der Waals surface area contributed by atoms with Crippen molar-refractivity contribution >= 4 is 5.91 Å². The highest BCUT2D eigenvalue weighted by Gasteiger charge is 2.32. The van der Waals surface area contributed by atoms with E-state index < -0.39 is 6.10 Å². The van der Waals surface area contributed by atoms with Gasteiger partial charge in [0.2, 0.25) is 0 Å². The topological polar surface area (TPSA) is 93.2 Å². The molecule has 4 N–H and O–H groups in total. The Kier molecular flexibility index (Phi) is 3.72. The molecule has 21 heavy (non-hydrogen) atoms. The molecule has 0 radical (unpaired) electrons. The normalized spacial score (nSPS) is 20.3. The SMILES string of the molecule is NCCn1cnc(C(=O)N[C@H]2c3ccccc3C[C@H]2O)c1. The zero-order chi connectivity index (χ0) is 14.8. The highest BCUT2D eigenvalue weighted by atomic mass is 16.3. The number of imidazole rings is 1. The lowest BCUT2D eigenvalue weighted by Crippen LogP contribution is -2.34. The van der Waals surface area contributed by atoms with Crippen LogP contribution in [0.1, 0.15) is 27.7 Å². The maximum atomic E-state index is 12.2. The summed E-state index contributed by atoms with van der Waals surface area (Å²) < 4.78 is 1.77. The molecule has 2 aromatic rings. The highest BCUT2D eigenvalue weighted by molar-refractivity contribution is 5.92. The van der Waals surface area contributed by atoms with Gasteiger partial charge in [-0.1, -0.05) is 24.3 Å². The second kappa shape index (κ2) is 5.67. The summed E-state index contributed by atoms with van der Waals surface area (Å²) in [6.45, 7) is 1.11. The monoisotopic (exact) mass is 286 g/mol. The average Bonchev–Trinajstić information content (AvgIpc) is 3.05. The van der Waals surface area contributed by atoms with Gasteiger partial charge in [0.1, 0.15) is 5.69 Å². The van der Waals surface area contributed by atoms with Crippen LogP contribution >= 0.6 is 0 Å². The molecule has 6 heteroatoms. The summed E-state index contributed by atoms with van der Waals surface area (Å²) in [5.41, 5.74) is 7.85. The van der Waals surface area contributed by atoms with Gasteiger partial charge in [-0.2, -0.15) is 0 Å². The van der Waals surface area contributed by atoms with Crippen molar-refractivity contribution in [3.05, 3.63) is 53.6 Å². The number of amides is 1. The number of aliphatic hydroxyl groups is 1. The van der Waals surface area contributed by atoms with Crippen LogP contribution < -0.4 is 11.1 Å². The van der Waals surface area contributed by atoms with E-state index in [2.05, 4.69) is 10.3 Å². The van der Waals surface area contributed by atoms with Crippen molar-refractivity contribution in [3.63, 3.8) is 0 Å². The summed E-state index contributed by atoms with van der Waals surface area (Å²) >= 11 is 0. The Hall–Kier alpha value is -2.18. The Morgan fingerprint density at radius 2 is 2.29 bits per heavy atom. The predicted octanol–water partition coefficient (Wildman–Crippen LogP) is 0.230. The van der Waals surface area contributed by atoms with E-state index in [1.165, 1.54) is 0 Å². The van der Waals surface area contributed by atoms with Crippen molar-refractivity contribution < 1.29 is 9.90 Å². The maximum absolute atomic E-state index is 12.2. The number of carbonyl (C=O) groups excluding carboxylic acids is 1. The third kappa shape index (κ3) is 2.68. The number of aliphatic hydroxyl groups excluding tert-OH is 1. The van der Waals surface area contributed by atoms with E-state index in [1.807, 2.05) is 24.3 Å². The van der Waals surface area contributed by atoms with Gasteiger partial charge in [-0.3, -0.25) is 4.79 Å². The molecule has 3 rings (SSSR count). The minimum atomic E-state index is -0.600. The molecule has 1 aromatic carbocycles. The number of hydrogen-bond acceptors (Lipinski definition) is 4. The van der Waals surface area contributed by atoms with Crippen LogP contribution in [0.15, 0.2) is 36.8 Å². The van der Waals surface area contributed by atoms with Gasteiger partial charge in [0.05, 0.1) is 18.5 Å². The third-order valence-electron chi connectivity index (χ3n) is 3.74. The first-order valence-corrected chi connectivity index (χ1v) is 6.97. The number of benzene rings is 1. The van der Waals surface area contributed by atoms with E-state index in [4.69, 9.17) is 5.73 Å². The summed E-state index contributed by atoms with van der Waals surface area (Å²) in [5.74, 6) is -0.286. The summed E-state index contributed by atoms with van der Waals surface area (Å²) in [7, 11) is 0. The molecule has 1 amide bonds. The molecule has 6 nitrogen and oxygen atoms in total. The summed E-state index contributed by atoms with van der Waals surface area (Å²) in [6, 6.07) is 7.37. The summed E-state index contributed by atoms with van der Waals surface area (Å²) in [5, 5.41) is 13.0. The fourth-order valence-electron chi connectivity index (χ4n) is 2.71. The number of fused-ring (bicyclic) bond motifs is 1. The fraction of sp³-hybridized carbons (Fsp3) is 0.333. The molecule has 1 aliphatic carbocycles. The van der Waals surface area contributed by atoms with Gasteiger partial charge >= 0.3 is 0 Å². The molecular formula is C15H18N4O2. The minimum absolute atomic E-state index is 0.286. The maximum Gasteiger partial charge on any atom is 0.272 e. The van der Waals surface area contributed by atoms with Gasteiger partial charge in [0.15, 0.2) is 0 Å². The number of nitrogens with zero attached hydrogens (tertiary/aromatic N) is 2. The van der Waals surface area contributed by atoms with Gasteiger partial charge in [-0.05, 0) is 11.1 Å². The first-order valence-electron chi connectivity index (χ1n) is 6.97. The Morgan fingerprint density at radius 3 is 3.10 bits per heavy atom. The van der Waals surface area contributed by atoms with Crippen LogP contribution in [0.3, 0.4) is 0 Å². The van der Waals surface area contributed by atoms with E-state index in [1.54, 1.807) is 17.1 Å². The number of aromatic nitrogens is 2. The van der Waals surface area contributed by atoms with Gasteiger partial charge in [-0.25, -0.2) is 4.98 Å². The van der Waals surface area contributed by atoms with E-state index in [0.717, 1.165) is 11.1 Å². The quantitative estimate of drug-likeness (QED) is 0.750. The molecule has 0 aliphatic heterocycles. The Labute approximate surface area is 122 Å². The molecule has 1 aromatic heterocycles. The van der Waals surface area contributed by atoms with Crippen LogP contribution in [-0.4, -0.2) is 33.2 Å². The van der Waals surface area contributed by atoms with E-state index >= 15 is 0 Å². The van der Waals surface area contributed by atoms with Gasteiger partial charge in [0, 0.05) is 25.7 Å². The standard InChI is InChI=1S/C15H18N4O2/c16-5-6-19-8-12(17-9-19)15(21)18-14-11-4-2-1-3-10(11)7-13(14)20/h1-4,8-9,13-14,20H,5-7,16H2,(H,18,21)/t13-,14+/m1/s1. The molecule has 2 atom stereocenters. The largest absolute Gasteiger partial charge is 0.390 e. The van der Waals surface area contributed by atoms with Gasteiger partial charge in [-0.15, -0.1) is 0 Å². The number of nitrogens with one attached hydrogen (secondary N) is 1. The average molecular weight is 286 g/mol. The summed E-state index contributed by atoms with van der Waals surface area (Å²) in [4.78, 5) is 16.3. The Bertz CT molecular complexity index is 653. The van der Waals surface area contributed by atoms with Crippen LogP contribution in [-0.2, 0) is 13.0 Å². The number of rotatable bonds is 4. The van der Waals surface area contributed by atoms with Crippen LogP contribution in [0.25, 0.3) is 0 Å². The highest BCUT2D eigenvalue weighted by Crippen LogP contribution is 2.31. The van der Waals surface area contributed by atoms with Crippen molar-refractivity contribution in [2.75, 3.05) is 6.54 Å². The molecule has 0 unspecified atom stereocenters. The van der Waals surface area contributed by atoms with Crippen LogP contribution in [0.2, 0.25) is 0 Å². The second-order valence-corrected chi connectivity index (χ2v) is 5.21. The van der Waals surface area contributed by atoms with E-state index in [-0.39, 0.29) is 11.9 Å². The zero-order valence-corrected chi connectivity index (χ0v) is 11.6. The number of carbonyl (C=O) groups is 1. The fourth-order valence-corrected chi connectivity index (χ4v) is 2.71. The van der Waals surface area contributed by atoms with Crippen molar-refractivity contribution in [2.24, 2.45) is 5.73 Å². The van der Waals surface area contributed by atoms with Crippen molar-refractivity contribution in [3.8, 4) is 0 Å². The van der Waals surface area contributed by atoms with Gasteiger partial charge < -0.3 is 20.7 Å². The molecule has 1 heterocycles. The lowest BCUT2D eigenvalue weighted by Gasteiger charge is -2.17. The predicted molar refractivity (Wildman–Crippen MR) is 77.6 cm³/mol. The minimum Gasteiger partial charge on any atom is -0.390 e. The molecule has 0 bridgehead atoms. The first-order chi connectivity index (χ1) is 10.2. The number of nitrogens with two attached hydrogens (primary N) is 1. The van der Waals surface area contributed by atoms with Crippen molar-refractivity contribution in [2.45, 2.75) is 25.1 Å². The number of hydrogen-bond donors (Lipinski definition) is 3. The third-order valence-corrected chi connectivity index (χ3v) is 3.74. The molecule has 0 fully saturated rings. The second-order valence-electron chi connectivity index (χ2n) is 5.21. The Balaban J connectivity index is 1.75. The first kappa shape index (κ1) is 13.8. The van der Waals surface area contributed by atoms with Crippen LogP contribution in [0.4, 0.5) is 0 Å². The van der Waals surface area contributed by atoms with Crippen LogP contribution in [0.5, 0.6) is 0 Å². The molecule has 0 spiro atoms. The molecule has 0 saturated carbocycles. The summed E-state index contributed by atoms with van der Waals surface area (Å²) in [6.07, 6.45) is 3.20. The molecule has 110 valence electrons. The Morgan fingerprint density at radius 1 is 1.48 bits per heavy atom. The molecule has 0 saturated heterocycles. The van der Waals surface area contributed by atoms with Gasteiger partial charge in [0.25, 0.3) is 5.91 Å². The molecular weight excluding hydrogens is 268 g/mol. The smallest absolute Gasteiger partial charge is 0.272 e. The van der Waals surface area contributed by atoms with Crippen molar-refractivity contribution in [1.82, 2.24) is 14.9 Å². The lowest BCUT2D eigenvalue weighted by atomic mass is 10.1. The zero-order valence-electron chi connectivity index (χ0n) is 11.6. The lowest BCUT2D eigenvalue weighted by molar-refractivity contribution is 0.0853. The van der Waals surface area contributed by atoms with E-state index in [0.29, 0.717) is 25.2 Å². The van der Waals surface area contributed by atoms with Crippen molar-refractivity contribution in [1.29, 1.82) is 0 Å². The molecule has 1 aliphatic rings. The van der Waals surface area contributed by atoms with Crippen LogP contribution in [0, 0.1) is 0 Å².